The fraction of sp³-hybridized carbons (Fsp3) is 0. The van der Waals surface area contributed by atoms with Gasteiger partial charge in [0, 0.05) is 18.3 Å². The molecule has 0 saturated heterocycles. The Bertz CT molecular complexity index is 545. The summed E-state index contributed by atoms with van der Waals surface area (Å²) in [4.78, 5) is 11.8. The Hall–Kier alpha value is -2.18. The van der Waals surface area contributed by atoms with Crippen molar-refractivity contribution in [2.24, 2.45) is 4.99 Å². The molecule has 0 amide bonds. The van der Waals surface area contributed by atoms with Gasteiger partial charge in [-0.3, -0.25) is 15.7 Å². The van der Waals surface area contributed by atoms with E-state index < -0.39 is 0 Å². The molecule has 2 aromatic rings. The van der Waals surface area contributed by atoms with Crippen LogP contribution < -0.4 is 10.2 Å². The Morgan fingerprint density at radius 2 is 2.22 bits per heavy atom. The first-order valence-corrected chi connectivity index (χ1v) is 5.32. The van der Waals surface area contributed by atoms with Gasteiger partial charge in [0.1, 0.15) is 12.1 Å². The normalized spacial score (nSPS) is 10.6. The maximum Gasteiger partial charge on any atom is 0.219 e. The molecule has 0 fully saturated rings. The molecule has 2 heterocycles. The molecule has 0 unspecified atom stereocenters. The monoisotopic (exact) mass is 264 g/mol. The molecule has 0 saturated carbocycles. The lowest BCUT2D eigenvalue weighted by Gasteiger charge is -2.04. The summed E-state index contributed by atoms with van der Waals surface area (Å²) in [6.07, 6.45) is 5.69. The van der Waals surface area contributed by atoms with Crippen LogP contribution in [-0.4, -0.2) is 21.5 Å². The number of hydrogen-bond donors (Lipinski definition) is 2. The number of hydroxylamine groups is 1. The molecule has 0 aliphatic heterocycles. The van der Waals surface area contributed by atoms with Gasteiger partial charge in [0.25, 0.3) is 0 Å². The van der Waals surface area contributed by atoms with Gasteiger partial charge >= 0.3 is 0 Å². The van der Waals surface area contributed by atoms with Gasteiger partial charge in [-0.25, -0.2) is 9.98 Å². The molecule has 0 spiro atoms. The van der Waals surface area contributed by atoms with Gasteiger partial charge < -0.3 is 4.74 Å². The van der Waals surface area contributed by atoms with E-state index in [1.54, 1.807) is 23.7 Å². The first-order chi connectivity index (χ1) is 8.78. The molecule has 6 nitrogen and oxygen atoms in total. The average molecular weight is 265 g/mol. The molecule has 0 bridgehead atoms. The van der Waals surface area contributed by atoms with E-state index in [0.29, 0.717) is 22.3 Å². The van der Waals surface area contributed by atoms with Crippen molar-refractivity contribution < 1.29 is 9.94 Å². The molecule has 0 atom stereocenters. The number of halogens is 1. The van der Waals surface area contributed by atoms with Crippen molar-refractivity contribution in [2.75, 3.05) is 0 Å². The van der Waals surface area contributed by atoms with Gasteiger partial charge in [-0.2, -0.15) is 0 Å². The van der Waals surface area contributed by atoms with Gasteiger partial charge in [0.15, 0.2) is 0 Å². The predicted octanol–water partition coefficient (Wildman–Crippen LogP) is 2.56. The summed E-state index contributed by atoms with van der Waals surface area (Å²) in [6.45, 7) is 0. The topological polar surface area (TPSA) is 79.6 Å². The van der Waals surface area contributed by atoms with E-state index >= 15 is 0 Å². The molecule has 18 heavy (non-hydrogen) atoms. The molecule has 0 aromatic carbocycles. The zero-order chi connectivity index (χ0) is 12.8. The summed E-state index contributed by atoms with van der Waals surface area (Å²) in [5.74, 6) is 0.901. The van der Waals surface area contributed by atoms with Crippen LogP contribution in [0.2, 0.25) is 5.02 Å². The summed E-state index contributed by atoms with van der Waals surface area (Å²) >= 11 is 5.78. The lowest BCUT2D eigenvalue weighted by atomic mass is 10.4. The van der Waals surface area contributed by atoms with Crippen LogP contribution in [0.25, 0.3) is 0 Å². The molecule has 7 heteroatoms. The van der Waals surface area contributed by atoms with Crippen molar-refractivity contribution >= 4 is 23.6 Å². The van der Waals surface area contributed by atoms with E-state index in [1.165, 1.54) is 18.6 Å². The van der Waals surface area contributed by atoms with Crippen LogP contribution in [0.5, 0.6) is 11.6 Å². The highest BCUT2D eigenvalue weighted by molar-refractivity contribution is 6.30. The molecule has 92 valence electrons. The largest absolute Gasteiger partial charge is 0.437 e. The van der Waals surface area contributed by atoms with Gasteiger partial charge in [-0.1, -0.05) is 11.6 Å². The van der Waals surface area contributed by atoms with E-state index in [-0.39, 0.29) is 0 Å². The molecule has 0 aliphatic carbocycles. The van der Waals surface area contributed by atoms with Gasteiger partial charge in [-0.15, -0.1) is 0 Å². The van der Waals surface area contributed by atoms with Crippen LogP contribution in [0.4, 0.5) is 5.69 Å². The fourth-order valence-electron chi connectivity index (χ4n) is 1.18. The molecule has 2 rings (SSSR count). The van der Waals surface area contributed by atoms with Crippen LogP contribution in [0, 0.1) is 0 Å². The van der Waals surface area contributed by atoms with Gasteiger partial charge in [-0.05, 0) is 6.07 Å². The summed E-state index contributed by atoms with van der Waals surface area (Å²) in [7, 11) is 0. The lowest BCUT2D eigenvalue weighted by molar-refractivity contribution is 0.240. The van der Waals surface area contributed by atoms with Gasteiger partial charge in [0.2, 0.25) is 5.88 Å². The lowest BCUT2D eigenvalue weighted by Crippen LogP contribution is -2.00. The highest BCUT2D eigenvalue weighted by Crippen LogP contribution is 2.22. The Labute approximate surface area is 108 Å². The van der Waals surface area contributed by atoms with E-state index in [1.807, 2.05) is 0 Å². The molecule has 0 aliphatic rings. The standard InChI is InChI=1S/C11H9ClN4O2/c12-8-3-10(6-13-4-8)18-11-2-1-9(5-14-11)15-7-16-17/h1-7,17H,(H,15,16). The first-order valence-electron chi connectivity index (χ1n) is 4.94. The Morgan fingerprint density at radius 1 is 1.33 bits per heavy atom. The van der Waals surface area contributed by atoms with Crippen LogP contribution in [-0.2, 0) is 0 Å². The summed E-state index contributed by atoms with van der Waals surface area (Å²) in [6, 6.07) is 4.97. The van der Waals surface area contributed by atoms with Crippen molar-refractivity contribution in [3.63, 3.8) is 0 Å². The number of nitrogens with one attached hydrogen (secondary N) is 1. The Morgan fingerprint density at radius 3 is 2.89 bits per heavy atom. The fourth-order valence-corrected chi connectivity index (χ4v) is 1.35. The maximum atomic E-state index is 8.34. The Kier molecular flexibility index (Phi) is 4.06. The minimum Gasteiger partial charge on any atom is -0.437 e. The third-order valence-electron chi connectivity index (χ3n) is 1.89. The first kappa shape index (κ1) is 12.3. The van der Waals surface area contributed by atoms with Crippen molar-refractivity contribution in [1.29, 1.82) is 0 Å². The quantitative estimate of drug-likeness (QED) is 0.504. The number of aliphatic imine (C=N–C) groups is 1. The number of rotatable bonds is 4. The van der Waals surface area contributed by atoms with Gasteiger partial charge in [0.05, 0.1) is 23.1 Å². The molecular formula is C11H9ClN4O2. The highest BCUT2D eigenvalue weighted by atomic mass is 35.5. The Balaban J connectivity index is 2.08. The van der Waals surface area contributed by atoms with E-state index in [2.05, 4.69) is 15.0 Å². The number of aromatic nitrogens is 2. The zero-order valence-electron chi connectivity index (χ0n) is 9.12. The van der Waals surface area contributed by atoms with Crippen LogP contribution in [0.1, 0.15) is 0 Å². The average Bonchev–Trinajstić information content (AvgIpc) is 2.38. The second-order valence-corrected chi connectivity index (χ2v) is 3.62. The molecule has 2 aromatic heterocycles. The van der Waals surface area contributed by atoms with Crippen molar-refractivity contribution in [3.05, 3.63) is 41.8 Å². The van der Waals surface area contributed by atoms with Crippen molar-refractivity contribution in [1.82, 2.24) is 15.4 Å². The van der Waals surface area contributed by atoms with Crippen LogP contribution >= 0.6 is 11.6 Å². The third kappa shape index (κ3) is 3.41. The van der Waals surface area contributed by atoms with Crippen LogP contribution in [0.15, 0.2) is 41.8 Å². The molecule has 2 N–H and O–H groups in total. The number of nitrogens with zero attached hydrogens (tertiary/aromatic N) is 3. The predicted molar refractivity (Wildman–Crippen MR) is 66.6 cm³/mol. The zero-order valence-corrected chi connectivity index (χ0v) is 9.87. The van der Waals surface area contributed by atoms with Crippen molar-refractivity contribution in [3.8, 4) is 11.6 Å². The minimum absolute atomic E-state index is 0.398. The summed E-state index contributed by atoms with van der Waals surface area (Å²) in [5, 5.41) is 8.83. The third-order valence-corrected chi connectivity index (χ3v) is 2.10. The molecule has 0 radical (unpaired) electrons. The maximum absolute atomic E-state index is 8.34. The number of pyridine rings is 2. The van der Waals surface area contributed by atoms with E-state index in [9.17, 15) is 0 Å². The van der Waals surface area contributed by atoms with Crippen molar-refractivity contribution in [2.45, 2.75) is 0 Å². The molecular weight excluding hydrogens is 256 g/mol. The smallest absolute Gasteiger partial charge is 0.219 e. The summed E-state index contributed by atoms with van der Waals surface area (Å²) in [5.41, 5.74) is 2.38. The van der Waals surface area contributed by atoms with Crippen LogP contribution in [0.3, 0.4) is 0 Å². The highest BCUT2D eigenvalue weighted by Gasteiger charge is 2.00. The number of hydrogen-bond acceptors (Lipinski definition) is 5. The summed E-state index contributed by atoms with van der Waals surface area (Å²) < 4.78 is 5.44. The minimum atomic E-state index is 0.398. The SMILES string of the molecule is ONC=Nc1ccc(Oc2cncc(Cl)c2)nc1. The second-order valence-electron chi connectivity index (χ2n) is 3.18. The van der Waals surface area contributed by atoms with E-state index in [0.717, 1.165) is 6.34 Å². The van der Waals surface area contributed by atoms with E-state index in [4.69, 9.17) is 21.5 Å². The number of ether oxygens (including phenoxy) is 1. The second kappa shape index (κ2) is 5.95.